The third kappa shape index (κ3) is 3.99. The van der Waals surface area contributed by atoms with Gasteiger partial charge in [0.15, 0.2) is 9.84 Å². The van der Waals surface area contributed by atoms with Crippen LogP contribution < -0.4 is 0 Å². The van der Waals surface area contributed by atoms with Crippen molar-refractivity contribution in [2.75, 3.05) is 12.8 Å². The molecule has 0 fully saturated rings. The Kier molecular flexibility index (Phi) is 4.12. The third-order valence-electron chi connectivity index (χ3n) is 1.51. The molecule has 0 aliphatic carbocycles. The molecule has 0 saturated carbocycles. The minimum absolute atomic E-state index is 0.104. The summed E-state index contributed by atoms with van der Waals surface area (Å²) in [7, 11) is -3.00. The van der Waals surface area contributed by atoms with Crippen molar-refractivity contribution in [2.45, 2.75) is 25.0 Å². The molecule has 3 nitrogen and oxygen atoms in total. The molecule has 0 aromatic carbocycles. The molecule has 64 valence electrons. The van der Waals surface area contributed by atoms with Crippen LogP contribution in [0.5, 0.6) is 0 Å². The lowest BCUT2D eigenvalue weighted by Crippen LogP contribution is -2.22. The van der Waals surface area contributed by atoms with Crippen molar-refractivity contribution in [1.29, 1.82) is 0 Å². The van der Waals surface area contributed by atoms with Crippen molar-refractivity contribution in [3.63, 3.8) is 0 Å². The van der Waals surface area contributed by atoms with Crippen molar-refractivity contribution in [2.24, 2.45) is 0 Å². The van der Waals surface area contributed by atoms with Gasteiger partial charge in [0.2, 0.25) is 6.54 Å². The fraction of sp³-hybridized carbons (Fsp3) is 0.857. The molecule has 0 aliphatic heterocycles. The smallest absolute Gasteiger partial charge is 0.231 e. The van der Waals surface area contributed by atoms with Gasteiger partial charge in [-0.25, -0.2) is 15.0 Å². The predicted molar refractivity (Wildman–Crippen MR) is 45.0 cm³/mol. The summed E-state index contributed by atoms with van der Waals surface area (Å²) < 4.78 is 21.9. The first kappa shape index (κ1) is 10.4. The molecule has 0 spiro atoms. The molecule has 0 radical (unpaired) electrons. The van der Waals surface area contributed by atoms with Crippen LogP contribution in [0.2, 0.25) is 0 Å². The first-order valence-corrected chi connectivity index (χ1v) is 5.50. The summed E-state index contributed by atoms with van der Waals surface area (Å²) in [6.07, 6.45) is 2.60. The van der Waals surface area contributed by atoms with Crippen LogP contribution in [-0.4, -0.2) is 26.5 Å². The molecule has 0 aromatic rings. The van der Waals surface area contributed by atoms with Gasteiger partial charge < -0.3 is 4.85 Å². The van der Waals surface area contributed by atoms with E-state index in [0.29, 0.717) is 6.42 Å². The minimum atomic E-state index is -3.00. The van der Waals surface area contributed by atoms with Crippen LogP contribution in [0.1, 0.15) is 19.8 Å². The van der Waals surface area contributed by atoms with Crippen LogP contribution in [0.3, 0.4) is 0 Å². The van der Waals surface area contributed by atoms with E-state index in [0.717, 1.165) is 6.42 Å². The van der Waals surface area contributed by atoms with E-state index in [1.54, 1.807) is 0 Å². The Labute approximate surface area is 68.2 Å². The van der Waals surface area contributed by atoms with Crippen LogP contribution in [0, 0.1) is 6.57 Å². The van der Waals surface area contributed by atoms with E-state index in [1.165, 1.54) is 6.26 Å². The Balaban J connectivity index is 4.25. The molecule has 0 saturated heterocycles. The standard InChI is InChI=1S/C7H13NO2S/c1-4-5-7(6-8-2)11(3,9)10/h7H,4-6H2,1,3H3. The van der Waals surface area contributed by atoms with Crippen LogP contribution in [-0.2, 0) is 9.84 Å². The van der Waals surface area contributed by atoms with Crippen molar-refractivity contribution in [3.05, 3.63) is 11.4 Å². The normalized spacial score (nSPS) is 13.9. The zero-order valence-corrected chi connectivity index (χ0v) is 7.69. The first-order valence-electron chi connectivity index (χ1n) is 3.54. The van der Waals surface area contributed by atoms with Crippen LogP contribution in [0.15, 0.2) is 0 Å². The molecule has 0 N–H and O–H groups in total. The van der Waals surface area contributed by atoms with E-state index >= 15 is 0 Å². The van der Waals surface area contributed by atoms with E-state index in [1.807, 2.05) is 6.92 Å². The molecule has 1 unspecified atom stereocenters. The maximum atomic E-state index is 11.0. The largest absolute Gasteiger partial charge is 0.316 e. The summed E-state index contributed by atoms with van der Waals surface area (Å²) in [6, 6.07) is 0. The highest BCUT2D eigenvalue weighted by Crippen LogP contribution is 2.07. The third-order valence-corrected chi connectivity index (χ3v) is 3.11. The molecule has 0 heterocycles. The molecular formula is C7H13NO2S. The summed E-state index contributed by atoms with van der Waals surface area (Å²) in [5.74, 6) is 0. The Morgan fingerprint density at radius 3 is 2.36 bits per heavy atom. The van der Waals surface area contributed by atoms with Gasteiger partial charge in [0, 0.05) is 6.26 Å². The highest BCUT2D eigenvalue weighted by atomic mass is 32.2. The average molecular weight is 175 g/mol. The van der Waals surface area contributed by atoms with Gasteiger partial charge in [0.05, 0.1) is 0 Å². The summed E-state index contributed by atoms with van der Waals surface area (Å²) >= 11 is 0. The number of hydrogen-bond donors (Lipinski definition) is 0. The van der Waals surface area contributed by atoms with Crippen LogP contribution in [0.25, 0.3) is 4.85 Å². The Hall–Kier alpha value is -0.560. The molecule has 0 aromatic heterocycles. The minimum Gasteiger partial charge on any atom is -0.316 e. The van der Waals surface area contributed by atoms with Gasteiger partial charge in [0.1, 0.15) is 5.25 Å². The molecule has 4 heteroatoms. The highest BCUT2D eigenvalue weighted by Gasteiger charge is 2.21. The topological polar surface area (TPSA) is 38.5 Å². The van der Waals surface area contributed by atoms with Gasteiger partial charge in [-0.1, -0.05) is 13.3 Å². The number of rotatable bonds is 4. The van der Waals surface area contributed by atoms with Gasteiger partial charge in [-0.15, -0.1) is 0 Å². The SMILES string of the molecule is [C-]#[N+]CC(CCC)S(C)(=O)=O. The zero-order valence-electron chi connectivity index (χ0n) is 6.87. The van der Waals surface area contributed by atoms with Crippen molar-refractivity contribution in [1.82, 2.24) is 0 Å². The van der Waals surface area contributed by atoms with E-state index in [9.17, 15) is 8.42 Å². The molecule has 11 heavy (non-hydrogen) atoms. The quantitative estimate of drug-likeness (QED) is 0.600. The lowest BCUT2D eigenvalue weighted by molar-refractivity contribution is 0.580. The second kappa shape index (κ2) is 4.35. The van der Waals surface area contributed by atoms with Gasteiger partial charge in [-0.3, -0.25) is 0 Å². The maximum absolute atomic E-state index is 11.0. The Morgan fingerprint density at radius 2 is 2.09 bits per heavy atom. The molecule has 0 bridgehead atoms. The monoisotopic (exact) mass is 175 g/mol. The van der Waals surface area contributed by atoms with E-state index in [-0.39, 0.29) is 6.54 Å². The highest BCUT2D eigenvalue weighted by molar-refractivity contribution is 7.91. The Morgan fingerprint density at radius 1 is 1.55 bits per heavy atom. The van der Waals surface area contributed by atoms with Crippen molar-refractivity contribution in [3.8, 4) is 0 Å². The molecular weight excluding hydrogens is 162 g/mol. The average Bonchev–Trinajstić information content (AvgIpc) is 1.85. The molecule has 0 aliphatic rings. The van der Waals surface area contributed by atoms with Gasteiger partial charge >= 0.3 is 0 Å². The van der Waals surface area contributed by atoms with Gasteiger partial charge in [-0.2, -0.15) is 0 Å². The fourth-order valence-electron chi connectivity index (χ4n) is 0.865. The van der Waals surface area contributed by atoms with Gasteiger partial charge in [0.25, 0.3) is 0 Å². The first-order chi connectivity index (χ1) is 5.02. The number of sulfone groups is 1. The fourth-order valence-corrected chi connectivity index (χ4v) is 1.87. The lowest BCUT2D eigenvalue weighted by atomic mass is 10.2. The maximum Gasteiger partial charge on any atom is 0.231 e. The summed E-state index contributed by atoms with van der Waals surface area (Å²) in [6.45, 7) is 8.57. The van der Waals surface area contributed by atoms with E-state index in [4.69, 9.17) is 6.57 Å². The van der Waals surface area contributed by atoms with Crippen LogP contribution >= 0.6 is 0 Å². The van der Waals surface area contributed by atoms with Crippen LogP contribution in [0.4, 0.5) is 0 Å². The van der Waals surface area contributed by atoms with Crippen molar-refractivity contribution >= 4 is 9.84 Å². The zero-order chi connectivity index (χ0) is 8.91. The summed E-state index contributed by atoms with van der Waals surface area (Å²) in [5.41, 5.74) is 0. The number of hydrogen-bond acceptors (Lipinski definition) is 2. The second-order valence-electron chi connectivity index (χ2n) is 2.58. The molecule has 1 atom stereocenters. The Bertz CT molecular complexity index is 238. The molecule has 0 rings (SSSR count). The van der Waals surface area contributed by atoms with Gasteiger partial charge in [-0.05, 0) is 6.42 Å². The van der Waals surface area contributed by atoms with E-state index < -0.39 is 15.1 Å². The predicted octanol–water partition coefficient (Wildman–Crippen LogP) is 1.12. The van der Waals surface area contributed by atoms with Crippen molar-refractivity contribution < 1.29 is 8.42 Å². The molecule has 0 amide bonds. The second-order valence-corrected chi connectivity index (χ2v) is 4.91. The summed E-state index contributed by atoms with van der Waals surface area (Å²) in [5, 5.41) is -0.454. The number of nitrogens with zero attached hydrogens (tertiary/aromatic N) is 1. The summed E-state index contributed by atoms with van der Waals surface area (Å²) in [4.78, 5) is 3.09. The lowest BCUT2D eigenvalue weighted by Gasteiger charge is -2.05. The van der Waals surface area contributed by atoms with E-state index in [2.05, 4.69) is 4.85 Å².